The Morgan fingerprint density at radius 1 is 1.30 bits per heavy atom. The van der Waals surface area contributed by atoms with Crippen molar-refractivity contribution in [3.63, 3.8) is 0 Å². The van der Waals surface area contributed by atoms with Crippen molar-refractivity contribution in [2.45, 2.75) is 24.9 Å². The smallest absolute Gasteiger partial charge is 0.150 e. The molecule has 4 nitrogen and oxygen atoms in total. The molecular formula is C14H21ClN2O2S. The maximum absolute atomic E-state index is 11.6. The van der Waals surface area contributed by atoms with Crippen molar-refractivity contribution in [3.8, 4) is 0 Å². The molecule has 2 rings (SSSR count). The van der Waals surface area contributed by atoms with Crippen LogP contribution in [0.15, 0.2) is 24.3 Å². The Kier molecular flexibility index (Phi) is 4.74. The SMILES string of the molecule is CN(Cc1ccccc1Cl)C1(CN)CCS(=O)(=O)CC1. The Labute approximate surface area is 125 Å². The van der Waals surface area contributed by atoms with Gasteiger partial charge in [-0.1, -0.05) is 29.8 Å². The molecule has 0 aromatic heterocycles. The number of hydrogen-bond donors (Lipinski definition) is 1. The molecule has 6 heteroatoms. The first-order valence-corrected chi connectivity index (χ1v) is 8.94. The molecule has 2 N–H and O–H groups in total. The van der Waals surface area contributed by atoms with E-state index in [1.807, 2.05) is 31.3 Å². The molecule has 0 bridgehead atoms. The van der Waals surface area contributed by atoms with Crippen LogP contribution in [0.2, 0.25) is 5.02 Å². The number of benzene rings is 1. The normalized spacial score (nSPS) is 21.0. The van der Waals surface area contributed by atoms with E-state index < -0.39 is 9.84 Å². The second-order valence-corrected chi connectivity index (χ2v) is 8.24. The fourth-order valence-corrected chi connectivity index (χ4v) is 4.49. The molecule has 1 fully saturated rings. The number of hydrogen-bond acceptors (Lipinski definition) is 4. The third-order valence-electron chi connectivity index (χ3n) is 4.31. The van der Waals surface area contributed by atoms with Gasteiger partial charge in [-0.15, -0.1) is 0 Å². The zero-order valence-electron chi connectivity index (χ0n) is 11.7. The standard InChI is InChI=1S/C14H21ClN2O2S/c1-17(10-12-4-2-3-5-13(12)15)14(11-16)6-8-20(18,19)9-7-14/h2-5H,6-11,16H2,1H3. The van der Waals surface area contributed by atoms with E-state index in [1.54, 1.807) is 0 Å². The van der Waals surface area contributed by atoms with Gasteiger partial charge in [0.25, 0.3) is 0 Å². The topological polar surface area (TPSA) is 63.4 Å². The Morgan fingerprint density at radius 2 is 1.90 bits per heavy atom. The molecular weight excluding hydrogens is 296 g/mol. The third-order valence-corrected chi connectivity index (χ3v) is 6.33. The van der Waals surface area contributed by atoms with E-state index in [9.17, 15) is 8.42 Å². The van der Waals surface area contributed by atoms with Crippen LogP contribution in [-0.2, 0) is 16.4 Å². The van der Waals surface area contributed by atoms with Gasteiger partial charge in [-0.25, -0.2) is 8.42 Å². The zero-order chi connectivity index (χ0) is 14.8. The van der Waals surface area contributed by atoms with Crippen molar-refractivity contribution in [3.05, 3.63) is 34.9 Å². The Hall–Kier alpha value is -0.620. The minimum absolute atomic E-state index is 0.219. The molecule has 0 radical (unpaired) electrons. The van der Waals surface area contributed by atoms with Crippen molar-refractivity contribution < 1.29 is 8.42 Å². The highest BCUT2D eigenvalue weighted by molar-refractivity contribution is 7.91. The molecule has 112 valence electrons. The first-order chi connectivity index (χ1) is 9.38. The third kappa shape index (κ3) is 3.34. The minimum Gasteiger partial charge on any atom is -0.329 e. The largest absolute Gasteiger partial charge is 0.329 e. The number of likely N-dealkylation sites (N-methyl/N-ethyl adjacent to an activating group) is 1. The maximum Gasteiger partial charge on any atom is 0.150 e. The predicted molar refractivity (Wildman–Crippen MR) is 82.6 cm³/mol. The second-order valence-electron chi connectivity index (χ2n) is 5.53. The van der Waals surface area contributed by atoms with Gasteiger partial charge in [0.15, 0.2) is 0 Å². The Balaban J connectivity index is 2.14. The summed E-state index contributed by atoms with van der Waals surface area (Å²) in [6.45, 7) is 1.14. The zero-order valence-corrected chi connectivity index (χ0v) is 13.3. The van der Waals surface area contributed by atoms with Crippen LogP contribution in [0.5, 0.6) is 0 Å². The Bertz CT molecular complexity index is 560. The summed E-state index contributed by atoms with van der Waals surface area (Å²) in [5, 5.41) is 0.731. The van der Waals surface area contributed by atoms with E-state index >= 15 is 0 Å². The number of nitrogens with two attached hydrogens (primary N) is 1. The maximum atomic E-state index is 11.6. The lowest BCUT2D eigenvalue weighted by Crippen LogP contribution is -2.55. The predicted octanol–water partition coefficient (Wildman–Crippen LogP) is 1.68. The van der Waals surface area contributed by atoms with Crippen molar-refractivity contribution in [1.29, 1.82) is 0 Å². The van der Waals surface area contributed by atoms with E-state index in [-0.39, 0.29) is 17.0 Å². The van der Waals surface area contributed by atoms with Crippen LogP contribution in [0.1, 0.15) is 18.4 Å². The van der Waals surface area contributed by atoms with Gasteiger partial charge in [0.1, 0.15) is 9.84 Å². The number of sulfone groups is 1. The summed E-state index contributed by atoms with van der Waals surface area (Å²) < 4.78 is 23.2. The summed E-state index contributed by atoms with van der Waals surface area (Å²) in [6, 6.07) is 7.71. The van der Waals surface area contributed by atoms with Gasteiger partial charge >= 0.3 is 0 Å². The highest BCUT2D eigenvalue weighted by Gasteiger charge is 2.39. The van der Waals surface area contributed by atoms with E-state index in [2.05, 4.69) is 4.90 Å². The highest BCUT2D eigenvalue weighted by atomic mass is 35.5. The van der Waals surface area contributed by atoms with E-state index in [4.69, 9.17) is 17.3 Å². The molecule has 1 aliphatic heterocycles. The molecule has 1 aromatic rings. The summed E-state index contributed by atoms with van der Waals surface area (Å²) in [4.78, 5) is 2.16. The summed E-state index contributed by atoms with van der Waals surface area (Å²) in [7, 11) is -0.893. The highest BCUT2D eigenvalue weighted by Crippen LogP contribution is 2.30. The first-order valence-electron chi connectivity index (χ1n) is 6.74. The Morgan fingerprint density at radius 3 is 2.45 bits per heavy atom. The van der Waals surface area contributed by atoms with Gasteiger partial charge in [-0.3, -0.25) is 4.90 Å². The van der Waals surface area contributed by atoms with Gasteiger partial charge in [0.05, 0.1) is 11.5 Å². The van der Waals surface area contributed by atoms with Crippen molar-refractivity contribution in [2.24, 2.45) is 5.73 Å². The van der Waals surface area contributed by atoms with Crippen molar-refractivity contribution in [2.75, 3.05) is 25.1 Å². The van der Waals surface area contributed by atoms with Crippen LogP contribution in [0, 0.1) is 0 Å². The van der Waals surface area contributed by atoms with E-state index in [1.165, 1.54) is 0 Å². The summed E-state index contributed by atoms with van der Waals surface area (Å²) >= 11 is 6.19. The molecule has 1 heterocycles. The van der Waals surface area contributed by atoms with Crippen LogP contribution in [-0.4, -0.2) is 44.0 Å². The van der Waals surface area contributed by atoms with Gasteiger partial charge < -0.3 is 5.73 Å². The van der Waals surface area contributed by atoms with E-state index in [0.717, 1.165) is 10.6 Å². The number of nitrogens with zero attached hydrogens (tertiary/aromatic N) is 1. The average molecular weight is 317 g/mol. The van der Waals surface area contributed by atoms with Crippen LogP contribution >= 0.6 is 11.6 Å². The van der Waals surface area contributed by atoms with E-state index in [0.29, 0.717) is 25.9 Å². The summed E-state index contributed by atoms with van der Waals surface area (Å²) in [5.74, 6) is 0.439. The van der Waals surface area contributed by atoms with Crippen molar-refractivity contribution in [1.82, 2.24) is 4.90 Å². The molecule has 20 heavy (non-hydrogen) atoms. The monoisotopic (exact) mass is 316 g/mol. The fraction of sp³-hybridized carbons (Fsp3) is 0.571. The summed E-state index contributed by atoms with van der Waals surface area (Å²) in [5.41, 5.74) is 6.74. The van der Waals surface area contributed by atoms with Gasteiger partial charge in [0.2, 0.25) is 0 Å². The van der Waals surface area contributed by atoms with Crippen LogP contribution in [0.3, 0.4) is 0 Å². The van der Waals surface area contributed by atoms with Gasteiger partial charge in [-0.05, 0) is 31.5 Å². The first kappa shape index (κ1) is 15.8. The van der Waals surface area contributed by atoms with Gasteiger partial charge in [-0.2, -0.15) is 0 Å². The fourth-order valence-electron chi connectivity index (χ4n) is 2.71. The molecule has 0 saturated carbocycles. The van der Waals surface area contributed by atoms with Crippen molar-refractivity contribution >= 4 is 21.4 Å². The molecule has 1 saturated heterocycles. The molecule has 0 amide bonds. The minimum atomic E-state index is -2.89. The lowest BCUT2D eigenvalue weighted by molar-refractivity contribution is 0.105. The number of rotatable bonds is 4. The molecule has 0 aliphatic carbocycles. The quantitative estimate of drug-likeness (QED) is 0.918. The molecule has 1 aliphatic rings. The lowest BCUT2D eigenvalue weighted by atomic mass is 9.90. The molecule has 0 unspecified atom stereocenters. The van der Waals surface area contributed by atoms with Crippen LogP contribution in [0.4, 0.5) is 0 Å². The van der Waals surface area contributed by atoms with Crippen LogP contribution in [0.25, 0.3) is 0 Å². The summed E-state index contributed by atoms with van der Waals surface area (Å²) in [6.07, 6.45) is 1.18. The molecule has 0 spiro atoms. The molecule has 0 atom stereocenters. The lowest BCUT2D eigenvalue weighted by Gasteiger charge is -2.44. The average Bonchev–Trinajstić information content (AvgIpc) is 2.42. The second kappa shape index (κ2) is 6.02. The molecule has 1 aromatic carbocycles. The van der Waals surface area contributed by atoms with Crippen LogP contribution < -0.4 is 5.73 Å². The van der Waals surface area contributed by atoms with Gasteiger partial charge in [0, 0.05) is 23.7 Å². The number of halogens is 1.